The zero-order chi connectivity index (χ0) is 14.4. The van der Waals surface area contributed by atoms with Crippen molar-refractivity contribution in [3.63, 3.8) is 0 Å². The fourth-order valence-electron chi connectivity index (χ4n) is 3.13. The molecule has 0 saturated heterocycles. The van der Waals surface area contributed by atoms with Crippen molar-refractivity contribution >= 4 is 22.6 Å². The standard InChI is InChI=1S/C17H13ClN2O/c18-11-6-8-12(9-7-11)20-15-5-1-3-13(15)16(21)14-4-2-10-19-17(14)20/h2,4,6-10H,1,3,5H2. The molecule has 2 aromatic heterocycles. The Morgan fingerprint density at radius 2 is 1.90 bits per heavy atom. The number of hydrogen-bond donors (Lipinski definition) is 0. The van der Waals surface area contributed by atoms with Crippen LogP contribution in [0.15, 0.2) is 47.4 Å². The van der Waals surface area contributed by atoms with E-state index < -0.39 is 0 Å². The summed E-state index contributed by atoms with van der Waals surface area (Å²) in [5.41, 5.74) is 3.89. The smallest absolute Gasteiger partial charge is 0.194 e. The first-order valence-electron chi connectivity index (χ1n) is 7.03. The highest BCUT2D eigenvalue weighted by Gasteiger charge is 2.22. The van der Waals surface area contributed by atoms with Crippen LogP contribution < -0.4 is 5.43 Å². The monoisotopic (exact) mass is 296 g/mol. The molecule has 0 radical (unpaired) electrons. The number of hydrogen-bond acceptors (Lipinski definition) is 2. The molecule has 0 N–H and O–H groups in total. The Bertz CT molecular complexity index is 897. The van der Waals surface area contributed by atoms with Crippen molar-refractivity contribution < 1.29 is 0 Å². The maximum absolute atomic E-state index is 12.6. The minimum Gasteiger partial charge on any atom is -0.298 e. The highest BCUT2D eigenvalue weighted by atomic mass is 35.5. The number of benzene rings is 1. The van der Waals surface area contributed by atoms with Crippen LogP contribution in [-0.2, 0) is 12.8 Å². The van der Waals surface area contributed by atoms with Crippen LogP contribution in [0.1, 0.15) is 17.7 Å². The van der Waals surface area contributed by atoms with Crippen molar-refractivity contribution in [1.82, 2.24) is 9.55 Å². The van der Waals surface area contributed by atoms with E-state index in [2.05, 4.69) is 9.55 Å². The minimum absolute atomic E-state index is 0.135. The molecular formula is C17H13ClN2O. The first kappa shape index (κ1) is 12.6. The summed E-state index contributed by atoms with van der Waals surface area (Å²) in [5.74, 6) is 0. The molecule has 4 heteroatoms. The van der Waals surface area contributed by atoms with Gasteiger partial charge in [0, 0.05) is 28.2 Å². The van der Waals surface area contributed by atoms with E-state index in [1.165, 1.54) is 0 Å². The number of halogens is 1. The summed E-state index contributed by atoms with van der Waals surface area (Å²) in [6.07, 6.45) is 4.52. The Labute approximate surface area is 126 Å². The third kappa shape index (κ3) is 1.88. The fraction of sp³-hybridized carbons (Fsp3) is 0.176. The molecule has 4 rings (SSSR count). The van der Waals surface area contributed by atoms with Crippen LogP contribution in [0.4, 0.5) is 0 Å². The van der Waals surface area contributed by atoms with Crippen molar-refractivity contribution in [3.8, 4) is 5.69 Å². The molecule has 1 aliphatic carbocycles. The van der Waals surface area contributed by atoms with Gasteiger partial charge in [0.05, 0.1) is 5.39 Å². The molecule has 0 fully saturated rings. The topological polar surface area (TPSA) is 34.9 Å². The van der Waals surface area contributed by atoms with Gasteiger partial charge in [-0.2, -0.15) is 0 Å². The second kappa shape index (κ2) is 4.71. The lowest BCUT2D eigenvalue weighted by Gasteiger charge is -2.16. The van der Waals surface area contributed by atoms with Gasteiger partial charge in [-0.25, -0.2) is 4.98 Å². The first-order chi connectivity index (χ1) is 10.3. The van der Waals surface area contributed by atoms with E-state index in [0.717, 1.165) is 41.9 Å². The van der Waals surface area contributed by atoms with Gasteiger partial charge in [-0.1, -0.05) is 11.6 Å². The summed E-state index contributed by atoms with van der Waals surface area (Å²) in [6.45, 7) is 0. The van der Waals surface area contributed by atoms with E-state index in [0.29, 0.717) is 10.4 Å². The fourth-order valence-corrected chi connectivity index (χ4v) is 3.26. The zero-order valence-electron chi connectivity index (χ0n) is 11.3. The lowest BCUT2D eigenvalue weighted by Crippen LogP contribution is -2.17. The molecule has 0 bridgehead atoms. The molecule has 3 nitrogen and oxygen atoms in total. The van der Waals surface area contributed by atoms with Crippen LogP contribution in [-0.4, -0.2) is 9.55 Å². The van der Waals surface area contributed by atoms with E-state index >= 15 is 0 Å². The van der Waals surface area contributed by atoms with Gasteiger partial charge < -0.3 is 0 Å². The molecule has 0 amide bonds. The third-order valence-electron chi connectivity index (χ3n) is 4.06. The van der Waals surface area contributed by atoms with Gasteiger partial charge in [-0.05, 0) is 55.7 Å². The predicted octanol–water partition coefficient (Wildman–Crippen LogP) is 3.53. The molecule has 1 aliphatic rings. The Morgan fingerprint density at radius 1 is 1.10 bits per heavy atom. The van der Waals surface area contributed by atoms with E-state index in [-0.39, 0.29) is 5.43 Å². The average molecular weight is 297 g/mol. The number of aromatic nitrogens is 2. The van der Waals surface area contributed by atoms with Crippen molar-refractivity contribution in [2.75, 3.05) is 0 Å². The third-order valence-corrected chi connectivity index (χ3v) is 4.31. The van der Waals surface area contributed by atoms with E-state index in [9.17, 15) is 4.79 Å². The highest BCUT2D eigenvalue weighted by molar-refractivity contribution is 6.30. The van der Waals surface area contributed by atoms with Crippen molar-refractivity contribution in [2.24, 2.45) is 0 Å². The predicted molar refractivity (Wildman–Crippen MR) is 84.4 cm³/mol. The zero-order valence-corrected chi connectivity index (χ0v) is 12.1. The van der Waals surface area contributed by atoms with Gasteiger partial charge in [0.25, 0.3) is 0 Å². The quantitative estimate of drug-likeness (QED) is 0.688. The molecule has 0 aliphatic heterocycles. The highest BCUT2D eigenvalue weighted by Crippen LogP contribution is 2.27. The number of pyridine rings is 2. The number of fused-ring (bicyclic) bond motifs is 2. The van der Waals surface area contributed by atoms with E-state index in [4.69, 9.17) is 11.6 Å². The molecule has 0 saturated carbocycles. The summed E-state index contributed by atoms with van der Waals surface area (Å²) in [7, 11) is 0. The maximum Gasteiger partial charge on any atom is 0.194 e. The maximum atomic E-state index is 12.6. The molecule has 104 valence electrons. The molecule has 0 spiro atoms. The average Bonchev–Trinajstić information content (AvgIpc) is 2.99. The molecule has 0 atom stereocenters. The van der Waals surface area contributed by atoms with Crippen LogP contribution in [0, 0.1) is 0 Å². The van der Waals surface area contributed by atoms with Gasteiger partial charge in [0.2, 0.25) is 0 Å². The number of nitrogens with zero attached hydrogens (tertiary/aromatic N) is 2. The lowest BCUT2D eigenvalue weighted by atomic mass is 10.1. The van der Waals surface area contributed by atoms with Gasteiger partial charge in [0.15, 0.2) is 5.43 Å². The van der Waals surface area contributed by atoms with E-state index in [1.807, 2.05) is 36.4 Å². The lowest BCUT2D eigenvalue weighted by molar-refractivity contribution is 0.873. The van der Waals surface area contributed by atoms with Gasteiger partial charge in [0.1, 0.15) is 5.65 Å². The van der Waals surface area contributed by atoms with Crippen molar-refractivity contribution in [3.05, 3.63) is 69.1 Å². The summed E-state index contributed by atoms with van der Waals surface area (Å²) in [6, 6.07) is 11.3. The van der Waals surface area contributed by atoms with Crippen LogP contribution >= 0.6 is 11.6 Å². The second-order valence-electron chi connectivity index (χ2n) is 5.29. The molecule has 1 aromatic carbocycles. The SMILES string of the molecule is O=c1c2c(n(-c3ccc(Cl)cc3)c3ncccc13)CCC2. The van der Waals surface area contributed by atoms with Gasteiger partial charge in [-0.15, -0.1) is 0 Å². The summed E-state index contributed by atoms with van der Waals surface area (Å²) in [5, 5.41) is 1.39. The van der Waals surface area contributed by atoms with Crippen LogP contribution in [0.2, 0.25) is 5.02 Å². The summed E-state index contributed by atoms with van der Waals surface area (Å²) < 4.78 is 2.11. The normalized spacial score (nSPS) is 13.6. The van der Waals surface area contributed by atoms with Gasteiger partial charge in [-0.3, -0.25) is 9.36 Å². The van der Waals surface area contributed by atoms with Crippen LogP contribution in [0.3, 0.4) is 0 Å². The second-order valence-corrected chi connectivity index (χ2v) is 5.73. The Balaban J connectivity index is 2.15. The summed E-state index contributed by atoms with van der Waals surface area (Å²) >= 11 is 5.98. The first-order valence-corrected chi connectivity index (χ1v) is 7.41. The largest absolute Gasteiger partial charge is 0.298 e. The number of rotatable bonds is 1. The molecule has 0 unspecified atom stereocenters. The van der Waals surface area contributed by atoms with Crippen LogP contribution in [0.5, 0.6) is 0 Å². The Hall–Kier alpha value is -2.13. The molecular weight excluding hydrogens is 284 g/mol. The molecule has 3 aromatic rings. The summed E-state index contributed by atoms with van der Waals surface area (Å²) in [4.78, 5) is 17.0. The van der Waals surface area contributed by atoms with Crippen molar-refractivity contribution in [1.29, 1.82) is 0 Å². The Morgan fingerprint density at radius 3 is 2.71 bits per heavy atom. The van der Waals surface area contributed by atoms with Crippen molar-refractivity contribution in [2.45, 2.75) is 19.3 Å². The van der Waals surface area contributed by atoms with Crippen LogP contribution in [0.25, 0.3) is 16.7 Å². The molecule has 21 heavy (non-hydrogen) atoms. The van der Waals surface area contributed by atoms with E-state index in [1.54, 1.807) is 6.20 Å². The Kier molecular flexibility index (Phi) is 2.82. The minimum atomic E-state index is 0.135. The van der Waals surface area contributed by atoms with Gasteiger partial charge >= 0.3 is 0 Å². The molecule has 2 heterocycles.